The largest absolute Gasteiger partial charge is 0.495 e. The molecule has 0 aliphatic heterocycles. The van der Waals surface area contributed by atoms with Gasteiger partial charge in [-0.15, -0.1) is 0 Å². The molecule has 0 fully saturated rings. The van der Waals surface area contributed by atoms with E-state index < -0.39 is 10.0 Å². The van der Waals surface area contributed by atoms with E-state index in [1.165, 1.54) is 31.4 Å². The summed E-state index contributed by atoms with van der Waals surface area (Å²) in [4.78, 5) is 4.04. The number of nitrogens with two attached hydrogens (primary N) is 1. The lowest BCUT2D eigenvalue weighted by Gasteiger charge is -2.12. The normalized spacial score (nSPS) is 11.2. The summed E-state index contributed by atoms with van der Waals surface area (Å²) in [7, 11) is -2.35. The molecule has 0 spiro atoms. The highest BCUT2D eigenvalue weighted by Gasteiger charge is 2.17. The van der Waals surface area contributed by atoms with Crippen molar-refractivity contribution in [3.63, 3.8) is 0 Å². The van der Waals surface area contributed by atoms with Gasteiger partial charge in [0.15, 0.2) is 0 Å². The number of methoxy groups -OCH3 is 1. The van der Waals surface area contributed by atoms with Gasteiger partial charge in [0.1, 0.15) is 10.9 Å². The molecule has 3 N–H and O–H groups in total. The topological polar surface area (TPSA) is 94.3 Å². The van der Waals surface area contributed by atoms with Gasteiger partial charge in [0.25, 0.3) is 10.0 Å². The van der Waals surface area contributed by atoms with Crippen molar-refractivity contribution in [1.29, 1.82) is 0 Å². The molecule has 6 nitrogen and oxygen atoms in total. The molecule has 1 heterocycles. The van der Waals surface area contributed by atoms with Gasteiger partial charge in [-0.3, -0.25) is 4.72 Å². The summed E-state index contributed by atoms with van der Waals surface area (Å²) in [5, 5.41) is 0.296. The molecule has 2 aromatic rings. The molecule has 0 saturated carbocycles. The van der Waals surface area contributed by atoms with Crippen LogP contribution in [-0.2, 0) is 10.0 Å². The molecule has 0 bridgehead atoms. The molecule has 2 rings (SSSR count). The summed E-state index contributed by atoms with van der Waals surface area (Å²) in [5.41, 5.74) is 6.87. The van der Waals surface area contributed by atoms with Crippen molar-refractivity contribution in [2.45, 2.75) is 11.8 Å². The molecule has 0 amide bonds. The number of anilines is 2. The first-order valence-corrected chi connectivity index (χ1v) is 7.79. The average molecular weight is 328 g/mol. The summed E-state index contributed by atoms with van der Waals surface area (Å²) < 4.78 is 32.2. The number of aromatic nitrogens is 1. The van der Waals surface area contributed by atoms with Crippen LogP contribution in [0.5, 0.6) is 5.75 Å². The van der Waals surface area contributed by atoms with Crippen LogP contribution in [0.2, 0.25) is 5.15 Å². The molecule has 21 heavy (non-hydrogen) atoms. The van der Waals surface area contributed by atoms with E-state index in [4.69, 9.17) is 22.1 Å². The summed E-state index contributed by atoms with van der Waals surface area (Å²) in [6, 6.07) is 7.29. The van der Waals surface area contributed by atoms with Crippen LogP contribution in [0.25, 0.3) is 0 Å². The molecule has 1 aromatic carbocycles. The standard InChI is InChI=1S/C13H14ClN3O3S/c1-8-11(5-6-13(14)16-8)17-21(18,19)9-3-4-10(15)12(7-9)20-2/h3-7,17H,15H2,1-2H3. The minimum absolute atomic E-state index is 0.0444. The average Bonchev–Trinajstić information content (AvgIpc) is 2.42. The molecule has 1 aromatic heterocycles. The van der Waals surface area contributed by atoms with Crippen molar-refractivity contribution in [2.24, 2.45) is 0 Å². The van der Waals surface area contributed by atoms with Crippen LogP contribution < -0.4 is 15.2 Å². The Bertz CT molecular complexity index is 778. The maximum Gasteiger partial charge on any atom is 0.262 e. The van der Waals surface area contributed by atoms with E-state index in [9.17, 15) is 8.42 Å². The summed E-state index contributed by atoms with van der Waals surface area (Å²) in [5.74, 6) is 0.295. The predicted octanol–water partition coefficient (Wildman–Crippen LogP) is 2.44. The SMILES string of the molecule is COc1cc(S(=O)(=O)Nc2ccc(Cl)nc2C)ccc1N. The lowest BCUT2D eigenvalue weighted by Crippen LogP contribution is -2.14. The Balaban J connectivity index is 2.38. The number of aryl methyl sites for hydroxylation is 1. The van der Waals surface area contributed by atoms with Crippen molar-refractivity contribution in [3.05, 3.63) is 41.2 Å². The van der Waals surface area contributed by atoms with Gasteiger partial charge in [-0.05, 0) is 31.2 Å². The Hall–Kier alpha value is -1.99. The Morgan fingerprint density at radius 3 is 2.62 bits per heavy atom. The number of nitrogen functional groups attached to an aromatic ring is 1. The zero-order valence-electron chi connectivity index (χ0n) is 11.4. The van der Waals surface area contributed by atoms with E-state index in [-0.39, 0.29) is 4.90 Å². The maximum atomic E-state index is 12.3. The minimum atomic E-state index is -3.77. The van der Waals surface area contributed by atoms with Crippen molar-refractivity contribution >= 4 is 33.0 Å². The number of ether oxygens (including phenoxy) is 1. The molecule has 0 saturated heterocycles. The maximum absolute atomic E-state index is 12.3. The number of hydrogen-bond donors (Lipinski definition) is 2. The fourth-order valence-corrected chi connectivity index (χ4v) is 3.02. The number of sulfonamides is 1. The van der Waals surface area contributed by atoms with Crippen molar-refractivity contribution < 1.29 is 13.2 Å². The Labute approximate surface area is 128 Å². The molecule has 0 radical (unpaired) electrons. The Kier molecular flexibility index (Phi) is 4.24. The first-order chi connectivity index (χ1) is 9.83. The smallest absolute Gasteiger partial charge is 0.262 e. The number of nitrogens with zero attached hydrogens (tertiary/aromatic N) is 1. The summed E-state index contributed by atoms with van der Waals surface area (Å²) in [6.45, 7) is 1.66. The summed E-state index contributed by atoms with van der Waals surface area (Å²) >= 11 is 5.74. The quantitative estimate of drug-likeness (QED) is 0.664. The molecule has 0 aliphatic carbocycles. The molecule has 0 aliphatic rings. The molecular formula is C13H14ClN3O3S. The first-order valence-electron chi connectivity index (χ1n) is 5.93. The molecule has 0 atom stereocenters. The highest BCUT2D eigenvalue weighted by Crippen LogP contribution is 2.26. The molecule has 112 valence electrons. The van der Waals surface area contributed by atoms with E-state index in [1.54, 1.807) is 13.0 Å². The van der Waals surface area contributed by atoms with Gasteiger partial charge < -0.3 is 10.5 Å². The van der Waals surface area contributed by atoms with Gasteiger partial charge in [0, 0.05) is 6.07 Å². The van der Waals surface area contributed by atoms with Gasteiger partial charge in [-0.25, -0.2) is 13.4 Å². The van der Waals surface area contributed by atoms with Gasteiger partial charge in [-0.1, -0.05) is 11.6 Å². The van der Waals surface area contributed by atoms with Crippen LogP contribution in [0, 0.1) is 6.92 Å². The van der Waals surface area contributed by atoms with Gasteiger partial charge in [0.2, 0.25) is 0 Å². The van der Waals surface area contributed by atoms with Crippen LogP contribution in [0.3, 0.4) is 0 Å². The number of nitrogens with one attached hydrogen (secondary N) is 1. The van der Waals surface area contributed by atoms with Crippen LogP contribution in [0.4, 0.5) is 11.4 Å². The van der Waals surface area contributed by atoms with Gasteiger partial charge in [-0.2, -0.15) is 0 Å². The fraction of sp³-hybridized carbons (Fsp3) is 0.154. The van der Waals surface area contributed by atoms with Gasteiger partial charge >= 0.3 is 0 Å². The van der Waals surface area contributed by atoms with E-state index in [2.05, 4.69) is 9.71 Å². The van der Waals surface area contributed by atoms with E-state index in [0.29, 0.717) is 28.0 Å². The monoisotopic (exact) mass is 327 g/mol. The number of rotatable bonds is 4. The number of benzene rings is 1. The predicted molar refractivity (Wildman–Crippen MR) is 82.2 cm³/mol. The minimum Gasteiger partial charge on any atom is -0.495 e. The second-order valence-corrected chi connectivity index (χ2v) is 6.35. The molecular weight excluding hydrogens is 314 g/mol. The van der Waals surface area contributed by atoms with Crippen LogP contribution in [-0.4, -0.2) is 20.5 Å². The van der Waals surface area contributed by atoms with Crippen molar-refractivity contribution in [1.82, 2.24) is 4.98 Å². The van der Waals surface area contributed by atoms with Gasteiger partial charge in [0.05, 0.1) is 29.1 Å². The third-order valence-electron chi connectivity index (χ3n) is 2.81. The van der Waals surface area contributed by atoms with Crippen LogP contribution in [0.15, 0.2) is 35.2 Å². The zero-order chi connectivity index (χ0) is 15.6. The number of pyridine rings is 1. The lowest BCUT2D eigenvalue weighted by atomic mass is 10.3. The first kappa shape index (κ1) is 15.4. The summed E-state index contributed by atoms with van der Waals surface area (Å²) in [6.07, 6.45) is 0. The highest BCUT2D eigenvalue weighted by molar-refractivity contribution is 7.92. The third kappa shape index (κ3) is 3.37. The van der Waals surface area contributed by atoms with Crippen molar-refractivity contribution in [2.75, 3.05) is 17.6 Å². The number of halogens is 1. The number of hydrogen-bond acceptors (Lipinski definition) is 5. The highest BCUT2D eigenvalue weighted by atomic mass is 35.5. The molecule has 8 heteroatoms. The van der Waals surface area contributed by atoms with E-state index in [1.807, 2.05) is 0 Å². The Morgan fingerprint density at radius 1 is 1.29 bits per heavy atom. The fourth-order valence-electron chi connectivity index (χ4n) is 1.70. The van der Waals surface area contributed by atoms with E-state index >= 15 is 0 Å². The van der Waals surface area contributed by atoms with E-state index in [0.717, 1.165) is 0 Å². The van der Waals surface area contributed by atoms with Crippen LogP contribution in [0.1, 0.15) is 5.69 Å². The van der Waals surface area contributed by atoms with Crippen LogP contribution >= 0.6 is 11.6 Å². The third-order valence-corrected chi connectivity index (χ3v) is 4.39. The van der Waals surface area contributed by atoms with Crippen molar-refractivity contribution in [3.8, 4) is 5.75 Å². The molecule has 0 unspecified atom stereocenters. The second kappa shape index (κ2) is 5.79. The lowest BCUT2D eigenvalue weighted by molar-refractivity contribution is 0.415. The second-order valence-electron chi connectivity index (χ2n) is 4.28. The zero-order valence-corrected chi connectivity index (χ0v) is 13.0. The Morgan fingerprint density at radius 2 is 2.00 bits per heavy atom.